The highest BCUT2D eigenvalue weighted by Gasteiger charge is 2.11. The van der Waals surface area contributed by atoms with Crippen molar-refractivity contribution < 1.29 is 14.7 Å². The Hall–Kier alpha value is -0.0551. The zero-order valence-corrected chi connectivity index (χ0v) is 5.16. The molecule has 0 bridgehead atoms. The maximum Gasteiger partial charge on any atom is 0.634 e. The van der Waals surface area contributed by atoms with E-state index in [-0.39, 0.29) is 6.10 Å². The van der Waals surface area contributed by atoms with Gasteiger partial charge in [0.15, 0.2) is 0 Å². The molecule has 0 radical (unpaired) electrons. The summed E-state index contributed by atoms with van der Waals surface area (Å²) in [7, 11) is -1.62. The van der Waals surface area contributed by atoms with Crippen molar-refractivity contribution in [3.63, 3.8) is 0 Å². The minimum Gasteiger partial charge on any atom is -0.402 e. The van der Waals surface area contributed by atoms with Crippen LogP contribution in [0.5, 0.6) is 0 Å². The van der Waals surface area contributed by atoms with Crippen LogP contribution in [0.2, 0.25) is 0 Å². The summed E-state index contributed by atoms with van der Waals surface area (Å²) in [4.78, 5) is 0. The maximum absolute atomic E-state index is 8.19. The van der Waals surface area contributed by atoms with E-state index in [0.717, 1.165) is 6.42 Å². The molecule has 0 spiro atoms. The molecule has 8 heavy (non-hydrogen) atoms. The highest BCUT2D eigenvalue weighted by atomic mass is 16.6. The van der Waals surface area contributed by atoms with Crippen LogP contribution in [-0.2, 0) is 4.65 Å². The van der Waals surface area contributed by atoms with Crippen molar-refractivity contribution in [3.8, 4) is 0 Å². The molecule has 0 saturated heterocycles. The molecule has 0 aromatic rings. The van der Waals surface area contributed by atoms with Gasteiger partial charge < -0.3 is 14.7 Å². The summed E-state index contributed by atoms with van der Waals surface area (Å²) >= 11 is 0. The fraction of sp³-hybridized carbons (Fsp3) is 1.00. The Balaban J connectivity index is 3.10. The van der Waals surface area contributed by atoms with E-state index in [9.17, 15) is 0 Å². The smallest absolute Gasteiger partial charge is 0.402 e. The molecule has 0 aromatic carbocycles. The van der Waals surface area contributed by atoms with Crippen molar-refractivity contribution in [3.05, 3.63) is 0 Å². The van der Waals surface area contributed by atoms with Gasteiger partial charge in [-0.25, -0.2) is 0 Å². The summed E-state index contributed by atoms with van der Waals surface area (Å²) in [5, 5.41) is 16.4. The molecule has 0 aliphatic carbocycles. The minimum atomic E-state index is -1.62. The van der Waals surface area contributed by atoms with E-state index < -0.39 is 7.32 Å². The zero-order chi connectivity index (χ0) is 6.57. The van der Waals surface area contributed by atoms with Crippen LogP contribution in [0.25, 0.3) is 0 Å². The van der Waals surface area contributed by atoms with E-state index >= 15 is 0 Å². The lowest BCUT2D eigenvalue weighted by atomic mass is 10.2. The van der Waals surface area contributed by atoms with E-state index in [1.54, 1.807) is 6.92 Å². The van der Waals surface area contributed by atoms with E-state index in [4.69, 9.17) is 10.0 Å². The molecule has 4 heteroatoms. The molecule has 3 nitrogen and oxygen atoms in total. The van der Waals surface area contributed by atoms with Gasteiger partial charge in [0, 0.05) is 6.10 Å². The predicted octanol–water partition coefficient (Wildman–Crippen LogP) is -0.229. The molecule has 0 aliphatic heterocycles. The van der Waals surface area contributed by atoms with E-state index in [0.29, 0.717) is 0 Å². The summed E-state index contributed by atoms with van der Waals surface area (Å²) < 4.78 is 4.51. The Morgan fingerprint density at radius 1 is 1.62 bits per heavy atom. The first-order valence-electron chi connectivity index (χ1n) is 2.68. The van der Waals surface area contributed by atoms with Crippen LogP contribution in [0.4, 0.5) is 0 Å². The first kappa shape index (κ1) is 7.94. The molecule has 0 saturated carbocycles. The third-order valence-corrected chi connectivity index (χ3v) is 0.929. The molecule has 0 heterocycles. The van der Waals surface area contributed by atoms with Gasteiger partial charge in [0.2, 0.25) is 0 Å². The molecule has 0 rings (SSSR count). The number of hydrogen-bond acceptors (Lipinski definition) is 3. The summed E-state index contributed by atoms with van der Waals surface area (Å²) in [6, 6.07) is 0. The average molecular weight is 118 g/mol. The monoisotopic (exact) mass is 118 g/mol. The maximum atomic E-state index is 8.19. The number of rotatable bonds is 3. The van der Waals surface area contributed by atoms with Crippen LogP contribution < -0.4 is 0 Å². The van der Waals surface area contributed by atoms with Gasteiger partial charge in [-0.2, -0.15) is 0 Å². The highest BCUT2D eigenvalue weighted by molar-refractivity contribution is 6.32. The second kappa shape index (κ2) is 3.89. The zero-order valence-electron chi connectivity index (χ0n) is 5.16. The molecule has 0 aromatic heterocycles. The molecule has 1 unspecified atom stereocenters. The fourth-order valence-corrected chi connectivity index (χ4v) is 0.304. The van der Waals surface area contributed by atoms with Crippen LogP contribution in [-0.4, -0.2) is 23.5 Å². The lowest BCUT2D eigenvalue weighted by Crippen LogP contribution is -2.22. The quantitative estimate of drug-likeness (QED) is 0.503. The second-order valence-corrected chi connectivity index (χ2v) is 1.68. The van der Waals surface area contributed by atoms with E-state index in [1.165, 1.54) is 0 Å². The summed E-state index contributed by atoms with van der Waals surface area (Å²) in [6.45, 7) is 3.69. The van der Waals surface area contributed by atoms with Gasteiger partial charge in [0.1, 0.15) is 0 Å². The Kier molecular flexibility index (Phi) is 3.86. The fourth-order valence-electron chi connectivity index (χ4n) is 0.304. The molecule has 0 fully saturated rings. The Bertz CT molecular complexity index is 57.2. The van der Waals surface area contributed by atoms with Gasteiger partial charge in [-0.3, -0.25) is 0 Å². The molecule has 0 aliphatic rings. The molecule has 48 valence electrons. The number of hydrogen-bond donors (Lipinski definition) is 2. The first-order valence-corrected chi connectivity index (χ1v) is 2.68. The summed E-state index contributed by atoms with van der Waals surface area (Å²) in [6.07, 6.45) is 0.715. The van der Waals surface area contributed by atoms with Gasteiger partial charge in [0.05, 0.1) is 0 Å². The topological polar surface area (TPSA) is 49.7 Å². The first-order chi connectivity index (χ1) is 3.66. The van der Waals surface area contributed by atoms with E-state index in [1.807, 2.05) is 6.92 Å². The van der Waals surface area contributed by atoms with Gasteiger partial charge in [0.25, 0.3) is 0 Å². The van der Waals surface area contributed by atoms with Crippen LogP contribution in [0.3, 0.4) is 0 Å². The van der Waals surface area contributed by atoms with Crippen molar-refractivity contribution in [2.45, 2.75) is 26.4 Å². The summed E-state index contributed by atoms with van der Waals surface area (Å²) in [5.41, 5.74) is 0. The van der Waals surface area contributed by atoms with Gasteiger partial charge >= 0.3 is 7.32 Å². The van der Waals surface area contributed by atoms with Gasteiger partial charge in [-0.15, -0.1) is 0 Å². The minimum absolute atomic E-state index is 0.0741. The van der Waals surface area contributed by atoms with Crippen LogP contribution >= 0.6 is 0 Å². The Morgan fingerprint density at radius 3 is 2.25 bits per heavy atom. The Labute approximate surface area is 49.5 Å². The van der Waals surface area contributed by atoms with Crippen molar-refractivity contribution in [2.75, 3.05) is 0 Å². The predicted molar refractivity (Wildman–Crippen MR) is 31.0 cm³/mol. The van der Waals surface area contributed by atoms with E-state index in [2.05, 4.69) is 4.65 Å². The van der Waals surface area contributed by atoms with Crippen molar-refractivity contribution >= 4 is 7.32 Å². The van der Waals surface area contributed by atoms with Crippen LogP contribution in [0.1, 0.15) is 20.3 Å². The molecular weight excluding hydrogens is 107 g/mol. The third-order valence-electron chi connectivity index (χ3n) is 0.929. The normalized spacial score (nSPS) is 13.5. The molecule has 0 amide bonds. The van der Waals surface area contributed by atoms with Crippen molar-refractivity contribution in [1.29, 1.82) is 0 Å². The standard InChI is InChI=1S/C4H11BO3/c1-3-4(2)8-5(6)7/h4,6-7H,3H2,1-2H3. The molecular formula is C4H11BO3. The van der Waals surface area contributed by atoms with Gasteiger partial charge in [-0.1, -0.05) is 6.92 Å². The lowest BCUT2D eigenvalue weighted by Gasteiger charge is -2.07. The largest absolute Gasteiger partial charge is 0.634 e. The third kappa shape index (κ3) is 4.11. The lowest BCUT2D eigenvalue weighted by molar-refractivity contribution is 0.127. The van der Waals surface area contributed by atoms with Gasteiger partial charge in [-0.05, 0) is 13.3 Å². The average Bonchev–Trinajstić information content (AvgIpc) is 1.65. The Morgan fingerprint density at radius 2 is 2.12 bits per heavy atom. The molecule has 2 N–H and O–H groups in total. The second-order valence-electron chi connectivity index (χ2n) is 1.68. The van der Waals surface area contributed by atoms with Crippen LogP contribution in [0.15, 0.2) is 0 Å². The van der Waals surface area contributed by atoms with Crippen molar-refractivity contribution in [1.82, 2.24) is 0 Å². The summed E-state index contributed by atoms with van der Waals surface area (Å²) in [5.74, 6) is 0. The highest BCUT2D eigenvalue weighted by Crippen LogP contribution is 1.94. The van der Waals surface area contributed by atoms with Crippen LogP contribution in [0, 0.1) is 0 Å². The molecule has 1 atom stereocenters. The van der Waals surface area contributed by atoms with Crippen molar-refractivity contribution in [2.24, 2.45) is 0 Å². The SMILES string of the molecule is CCC(C)OB(O)O.